The summed E-state index contributed by atoms with van der Waals surface area (Å²) in [6.45, 7) is 4.02. The second-order valence-corrected chi connectivity index (χ2v) is 10.4. The maximum Gasteiger partial charge on any atom is 0.276 e. The van der Waals surface area contributed by atoms with Gasteiger partial charge in [0, 0.05) is 17.9 Å². The van der Waals surface area contributed by atoms with Gasteiger partial charge in [-0.3, -0.25) is 0 Å². The molecule has 0 saturated carbocycles. The second kappa shape index (κ2) is 7.71. The highest BCUT2D eigenvalue weighted by molar-refractivity contribution is 7.98. The maximum absolute atomic E-state index is 11.6. The zero-order chi connectivity index (χ0) is 19.7. The van der Waals surface area contributed by atoms with Gasteiger partial charge in [0.1, 0.15) is 0 Å². The number of sulfone groups is 1. The van der Waals surface area contributed by atoms with E-state index in [2.05, 4.69) is 45.6 Å². The molecule has 2 aromatic heterocycles. The van der Waals surface area contributed by atoms with Crippen LogP contribution in [0.5, 0.6) is 0 Å². The first-order valence-corrected chi connectivity index (χ1v) is 12.0. The first kappa shape index (κ1) is 19.2. The Balaban J connectivity index is 1.33. The summed E-state index contributed by atoms with van der Waals surface area (Å²) >= 11 is 1.48. The largest absolute Gasteiger partial charge is 0.416 e. The smallest absolute Gasteiger partial charge is 0.276 e. The first-order valence-electron chi connectivity index (χ1n) is 9.16. The van der Waals surface area contributed by atoms with Crippen LogP contribution in [-0.2, 0) is 22.0 Å². The zero-order valence-corrected chi connectivity index (χ0v) is 17.5. The Morgan fingerprint density at radius 1 is 1.21 bits per heavy atom. The summed E-state index contributed by atoms with van der Waals surface area (Å²) in [4.78, 5) is 0. The minimum atomic E-state index is -2.88. The van der Waals surface area contributed by atoms with Crippen LogP contribution < -0.4 is 0 Å². The van der Waals surface area contributed by atoms with Gasteiger partial charge in [-0.05, 0) is 49.9 Å². The van der Waals surface area contributed by atoms with Gasteiger partial charge in [-0.25, -0.2) is 13.1 Å². The third kappa shape index (κ3) is 4.47. The lowest BCUT2D eigenvalue weighted by atomic mass is 10.1. The van der Waals surface area contributed by atoms with Gasteiger partial charge in [-0.15, -0.1) is 10.2 Å². The Morgan fingerprint density at radius 2 is 2.00 bits per heavy atom. The Kier molecular flexibility index (Phi) is 5.29. The molecule has 28 heavy (non-hydrogen) atoms. The molecular formula is C19H22N4O3S2. The molecular weight excluding hydrogens is 396 g/mol. The molecule has 0 aliphatic carbocycles. The Hall–Kier alpha value is -2.13. The lowest BCUT2D eigenvalue weighted by Gasteiger charge is -2.05. The summed E-state index contributed by atoms with van der Waals surface area (Å²) in [6.07, 6.45) is 1.21. The summed E-state index contributed by atoms with van der Waals surface area (Å²) in [5.74, 6) is 1.81. The Labute approximate surface area is 168 Å². The molecule has 7 nitrogen and oxygen atoms in total. The van der Waals surface area contributed by atoms with Gasteiger partial charge in [-0.1, -0.05) is 23.9 Å². The average Bonchev–Trinajstić information content (AvgIpc) is 3.33. The number of aromatic nitrogens is 4. The Morgan fingerprint density at radius 3 is 2.64 bits per heavy atom. The van der Waals surface area contributed by atoms with Crippen molar-refractivity contribution in [1.82, 2.24) is 20.0 Å². The van der Waals surface area contributed by atoms with Crippen LogP contribution in [0.1, 0.15) is 29.3 Å². The number of thioether (sulfide) groups is 1. The van der Waals surface area contributed by atoms with Gasteiger partial charge < -0.3 is 4.42 Å². The minimum Gasteiger partial charge on any atom is -0.416 e. The third-order valence-electron chi connectivity index (χ3n) is 4.79. The number of benzene rings is 1. The van der Waals surface area contributed by atoms with E-state index in [9.17, 15) is 8.42 Å². The van der Waals surface area contributed by atoms with Gasteiger partial charge in [0.05, 0.1) is 22.9 Å². The summed E-state index contributed by atoms with van der Waals surface area (Å²) in [5, 5.41) is 13.1. The standard InChI is InChI=1S/C19H22N4O3S2/c1-13-9-14(2)23(22-13)17-5-3-15(4-6-17)11-27-19-21-20-18(26-19)10-16-7-8-28(24,25)12-16/h3-6,9,16H,7-8,10-12H2,1-2H3. The van der Waals surface area contributed by atoms with Crippen molar-refractivity contribution in [3.63, 3.8) is 0 Å². The summed E-state index contributed by atoms with van der Waals surface area (Å²) in [5.41, 5.74) is 4.29. The second-order valence-electron chi connectivity index (χ2n) is 7.23. The lowest BCUT2D eigenvalue weighted by molar-refractivity contribution is 0.389. The molecule has 1 aliphatic heterocycles. The molecule has 9 heteroatoms. The van der Waals surface area contributed by atoms with Crippen LogP contribution >= 0.6 is 11.8 Å². The molecule has 1 atom stereocenters. The van der Waals surface area contributed by atoms with Crippen molar-refractivity contribution in [3.8, 4) is 5.69 Å². The molecule has 148 valence electrons. The number of hydrogen-bond donors (Lipinski definition) is 0. The molecule has 0 bridgehead atoms. The van der Waals surface area contributed by atoms with E-state index >= 15 is 0 Å². The van der Waals surface area contributed by atoms with Gasteiger partial charge in [0.15, 0.2) is 9.84 Å². The van der Waals surface area contributed by atoms with Crippen LogP contribution in [0.2, 0.25) is 0 Å². The highest BCUT2D eigenvalue weighted by Crippen LogP contribution is 2.26. The fraction of sp³-hybridized carbons (Fsp3) is 0.421. The first-order chi connectivity index (χ1) is 13.4. The quantitative estimate of drug-likeness (QED) is 0.568. The molecule has 3 aromatic rings. The number of nitrogens with zero attached hydrogens (tertiary/aromatic N) is 4. The minimum absolute atomic E-state index is 0.0882. The van der Waals surface area contributed by atoms with Crippen molar-refractivity contribution < 1.29 is 12.8 Å². The monoisotopic (exact) mass is 418 g/mol. The van der Waals surface area contributed by atoms with Crippen LogP contribution in [0.15, 0.2) is 40.0 Å². The number of rotatable bonds is 6. The molecule has 1 fully saturated rings. The van der Waals surface area contributed by atoms with Gasteiger partial charge >= 0.3 is 0 Å². The summed E-state index contributed by atoms with van der Waals surface area (Å²) in [6, 6.07) is 10.3. The fourth-order valence-electron chi connectivity index (χ4n) is 3.43. The van der Waals surface area contributed by atoms with Gasteiger partial charge in [-0.2, -0.15) is 5.10 Å². The summed E-state index contributed by atoms with van der Waals surface area (Å²) < 4.78 is 30.7. The predicted octanol–water partition coefficient (Wildman–Crippen LogP) is 3.14. The summed E-state index contributed by atoms with van der Waals surface area (Å²) in [7, 11) is -2.88. The third-order valence-corrected chi connectivity index (χ3v) is 7.52. The van der Waals surface area contributed by atoms with E-state index in [1.807, 2.05) is 18.5 Å². The van der Waals surface area contributed by atoms with Crippen LogP contribution in [-0.4, -0.2) is 39.9 Å². The van der Waals surface area contributed by atoms with Crippen LogP contribution in [0.25, 0.3) is 5.69 Å². The average molecular weight is 419 g/mol. The molecule has 4 rings (SSSR count). The van der Waals surface area contributed by atoms with E-state index in [1.54, 1.807) is 0 Å². The molecule has 1 saturated heterocycles. The van der Waals surface area contributed by atoms with Crippen LogP contribution in [0, 0.1) is 19.8 Å². The van der Waals surface area contributed by atoms with E-state index in [1.165, 1.54) is 11.8 Å². The van der Waals surface area contributed by atoms with E-state index in [-0.39, 0.29) is 17.4 Å². The molecule has 1 aliphatic rings. The van der Waals surface area contributed by atoms with Crippen molar-refractivity contribution in [2.45, 2.75) is 37.7 Å². The molecule has 0 N–H and O–H groups in total. The zero-order valence-electron chi connectivity index (χ0n) is 15.8. The fourth-order valence-corrected chi connectivity index (χ4v) is 6.03. The van der Waals surface area contributed by atoms with E-state index in [0.717, 1.165) is 28.4 Å². The van der Waals surface area contributed by atoms with E-state index < -0.39 is 9.84 Å². The lowest BCUT2D eigenvalue weighted by Crippen LogP contribution is -2.07. The van der Waals surface area contributed by atoms with E-state index in [0.29, 0.717) is 24.0 Å². The molecule has 1 aromatic carbocycles. The number of aryl methyl sites for hydroxylation is 2. The van der Waals surface area contributed by atoms with Crippen molar-refractivity contribution in [1.29, 1.82) is 0 Å². The SMILES string of the molecule is Cc1cc(C)n(-c2ccc(CSc3nnc(CC4CCS(=O)(=O)C4)o3)cc2)n1. The van der Waals surface area contributed by atoms with Crippen molar-refractivity contribution in [2.75, 3.05) is 11.5 Å². The molecule has 0 spiro atoms. The normalized spacial score (nSPS) is 18.6. The van der Waals surface area contributed by atoms with Crippen molar-refractivity contribution >= 4 is 21.6 Å². The van der Waals surface area contributed by atoms with E-state index in [4.69, 9.17) is 4.42 Å². The number of hydrogen-bond acceptors (Lipinski definition) is 7. The predicted molar refractivity (Wildman–Crippen MR) is 107 cm³/mol. The highest BCUT2D eigenvalue weighted by Gasteiger charge is 2.29. The van der Waals surface area contributed by atoms with Gasteiger partial charge in [0.25, 0.3) is 5.22 Å². The molecule has 0 radical (unpaired) electrons. The van der Waals surface area contributed by atoms with Crippen LogP contribution in [0.4, 0.5) is 0 Å². The topological polar surface area (TPSA) is 90.9 Å². The van der Waals surface area contributed by atoms with Crippen molar-refractivity contribution in [2.24, 2.45) is 5.92 Å². The molecule has 1 unspecified atom stereocenters. The van der Waals surface area contributed by atoms with Crippen LogP contribution in [0.3, 0.4) is 0 Å². The molecule has 0 amide bonds. The molecule has 3 heterocycles. The van der Waals surface area contributed by atoms with Crippen molar-refractivity contribution in [3.05, 3.63) is 53.2 Å². The Bertz CT molecular complexity index is 1070. The van der Waals surface area contributed by atoms with Gasteiger partial charge in [0.2, 0.25) is 5.89 Å². The highest BCUT2D eigenvalue weighted by atomic mass is 32.2. The maximum atomic E-state index is 11.6.